The fourth-order valence-electron chi connectivity index (χ4n) is 6.75. The number of ketones is 1. The van der Waals surface area contributed by atoms with Crippen molar-refractivity contribution in [3.8, 4) is 16.3 Å². The first-order chi connectivity index (χ1) is 22.2. The van der Waals surface area contributed by atoms with Crippen LogP contribution in [0, 0.1) is 17.0 Å². The van der Waals surface area contributed by atoms with Crippen molar-refractivity contribution >= 4 is 33.2 Å². The van der Waals surface area contributed by atoms with Gasteiger partial charge in [-0.1, -0.05) is 12.5 Å². The van der Waals surface area contributed by atoms with E-state index in [-0.39, 0.29) is 35.2 Å². The van der Waals surface area contributed by atoms with E-state index < -0.39 is 27.3 Å². The minimum atomic E-state index is -3.98. The van der Waals surface area contributed by atoms with Crippen molar-refractivity contribution in [1.82, 2.24) is 24.1 Å². The zero-order chi connectivity index (χ0) is 32.1. The number of hydrogen-bond donors (Lipinski definition) is 0. The standard InChI is InChI=1S/C34H29F2N5O3S2/c1-2-40(46(43,44)29-12-7-26(36)8-13-29)28-9-4-24-17-31-23(21-39-41(31)27-10-5-25(35)6-11-27)18-34(24,19-28)32(42)30-14-3-22(20-38-30)33-37-15-16-45-33/h3,5-8,10-17,20-21,28H,2,4,9,18-19H2,1H3/t28-,34-/m0/s1. The molecule has 234 valence electrons. The van der Waals surface area contributed by atoms with Crippen LogP contribution in [0.5, 0.6) is 0 Å². The second kappa shape index (κ2) is 11.8. The molecule has 0 unspecified atom stereocenters. The zero-order valence-corrected chi connectivity index (χ0v) is 26.4. The van der Waals surface area contributed by atoms with Crippen LogP contribution < -0.4 is 0 Å². The average molecular weight is 658 g/mol. The van der Waals surface area contributed by atoms with Crippen LogP contribution in [-0.4, -0.2) is 50.8 Å². The summed E-state index contributed by atoms with van der Waals surface area (Å²) in [5.74, 6) is -1.06. The van der Waals surface area contributed by atoms with Crippen molar-refractivity contribution in [1.29, 1.82) is 0 Å². The molecule has 0 saturated heterocycles. The van der Waals surface area contributed by atoms with Crippen molar-refractivity contribution in [3.05, 3.63) is 119 Å². The van der Waals surface area contributed by atoms with Gasteiger partial charge in [-0.15, -0.1) is 11.3 Å². The van der Waals surface area contributed by atoms with Crippen LogP contribution in [0.2, 0.25) is 0 Å². The predicted octanol–water partition coefficient (Wildman–Crippen LogP) is 6.74. The van der Waals surface area contributed by atoms with Crippen LogP contribution in [0.4, 0.5) is 8.78 Å². The van der Waals surface area contributed by atoms with Gasteiger partial charge in [-0.2, -0.15) is 9.40 Å². The average Bonchev–Trinajstić information content (AvgIpc) is 3.75. The van der Waals surface area contributed by atoms with E-state index in [2.05, 4.69) is 15.1 Å². The maximum atomic E-state index is 14.7. The molecule has 12 heteroatoms. The van der Waals surface area contributed by atoms with Crippen molar-refractivity contribution in [2.24, 2.45) is 5.41 Å². The summed E-state index contributed by atoms with van der Waals surface area (Å²) in [5, 5.41) is 7.26. The Hall–Kier alpha value is -4.39. The van der Waals surface area contributed by atoms with Crippen LogP contribution in [0.15, 0.2) is 95.1 Å². The Morgan fingerprint density at radius 3 is 2.41 bits per heavy atom. The molecular weight excluding hydrogens is 629 g/mol. The molecule has 2 aromatic carbocycles. The number of fused-ring (bicyclic) bond motifs is 2. The van der Waals surface area contributed by atoms with E-state index in [1.54, 1.807) is 48.4 Å². The number of Topliss-reactive ketones (excluding diaryl/α,β-unsaturated/α-hetero) is 1. The first kappa shape index (κ1) is 30.3. The summed E-state index contributed by atoms with van der Waals surface area (Å²) in [5.41, 5.74) is 3.21. The van der Waals surface area contributed by atoms with Crippen LogP contribution in [0.3, 0.4) is 0 Å². The third-order valence-electron chi connectivity index (χ3n) is 8.96. The maximum Gasteiger partial charge on any atom is 0.243 e. The molecule has 0 N–H and O–H groups in total. The summed E-state index contributed by atoms with van der Waals surface area (Å²) in [6.07, 6.45) is 8.56. The third kappa shape index (κ3) is 5.20. The van der Waals surface area contributed by atoms with E-state index >= 15 is 0 Å². The summed E-state index contributed by atoms with van der Waals surface area (Å²) in [4.78, 5) is 23.6. The molecule has 3 aromatic heterocycles. The number of hydrogen-bond acceptors (Lipinski definition) is 7. The van der Waals surface area contributed by atoms with Gasteiger partial charge < -0.3 is 0 Å². The van der Waals surface area contributed by atoms with Crippen molar-refractivity contribution in [3.63, 3.8) is 0 Å². The molecule has 46 heavy (non-hydrogen) atoms. The van der Waals surface area contributed by atoms with Gasteiger partial charge in [-0.05, 0) is 98.0 Å². The van der Waals surface area contributed by atoms with Gasteiger partial charge in [0.2, 0.25) is 10.0 Å². The predicted molar refractivity (Wildman–Crippen MR) is 171 cm³/mol. The summed E-state index contributed by atoms with van der Waals surface area (Å²) >= 11 is 1.48. The smallest absolute Gasteiger partial charge is 0.243 e. The van der Waals surface area contributed by atoms with Crippen molar-refractivity contribution < 1.29 is 22.0 Å². The monoisotopic (exact) mass is 657 g/mol. The lowest BCUT2D eigenvalue weighted by atomic mass is 9.60. The molecule has 0 spiro atoms. The minimum Gasteiger partial charge on any atom is -0.291 e. The molecule has 0 bridgehead atoms. The second-order valence-corrected chi connectivity index (χ2v) is 14.3. The highest BCUT2D eigenvalue weighted by Gasteiger charge is 2.51. The first-order valence-electron chi connectivity index (χ1n) is 14.9. The lowest BCUT2D eigenvalue weighted by Crippen LogP contribution is -2.50. The first-order valence-corrected chi connectivity index (χ1v) is 17.2. The summed E-state index contributed by atoms with van der Waals surface area (Å²) in [7, 11) is -3.98. The van der Waals surface area contributed by atoms with Crippen LogP contribution in [0.1, 0.15) is 47.9 Å². The summed E-state index contributed by atoms with van der Waals surface area (Å²) in [6.45, 7) is 1.95. The molecule has 2 aliphatic carbocycles. The maximum absolute atomic E-state index is 14.7. The second-order valence-electron chi connectivity index (χ2n) is 11.5. The molecule has 2 atom stereocenters. The van der Waals surface area contributed by atoms with Crippen molar-refractivity contribution in [2.75, 3.05) is 6.54 Å². The van der Waals surface area contributed by atoms with E-state index in [1.807, 2.05) is 17.5 Å². The number of carbonyl (C=O) groups excluding carboxylic acids is 1. The largest absolute Gasteiger partial charge is 0.291 e. The van der Waals surface area contributed by atoms with E-state index in [4.69, 9.17) is 0 Å². The molecule has 1 fully saturated rings. The van der Waals surface area contributed by atoms with Crippen molar-refractivity contribution in [2.45, 2.75) is 43.5 Å². The van der Waals surface area contributed by atoms with Crippen LogP contribution in [-0.2, 0) is 16.4 Å². The van der Waals surface area contributed by atoms with E-state index in [0.29, 0.717) is 24.9 Å². The number of pyridine rings is 1. The number of sulfonamides is 1. The number of benzene rings is 2. The number of aromatic nitrogens is 4. The number of nitrogens with zero attached hydrogens (tertiary/aromatic N) is 5. The highest BCUT2D eigenvalue weighted by molar-refractivity contribution is 7.89. The van der Waals surface area contributed by atoms with Gasteiger partial charge >= 0.3 is 0 Å². The molecule has 0 amide bonds. The van der Waals surface area contributed by atoms with Crippen LogP contribution in [0.25, 0.3) is 22.3 Å². The molecular formula is C34H29F2N5O3S2. The van der Waals surface area contributed by atoms with Gasteiger partial charge in [0.25, 0.3) is 0 Å². The Morgan fingerprint density at radius 2 is 1.76 bits per heavy atom. The zero-order valence-electron chi connectivity index (χ0n) is 24.8. The van der Waals surface area contributed by atoms with Crippen LogP contribution >= 0.6 is 11.3 Å². The Bertz CT molecular complexity index is 2040. The lowest BCUT2D eigenvalue weighted by molar-refractivity contribution is 0.0739. The SMILES string of the molecule is CCN([C@H]1CCC2=Cc3c(cnn3-c3ccc(F)cc3)C[C@]2(C(=O)c2ccc(-c3nccs3)cn2)C1)S(=O)(=O)c1ccc(F)cc1. The number of carbonyl (C=O) groups is 1. The minimum absolute atomic E-state index is 0.00316. The van der Waals surface area contributed by atoms with Gasteiger partial charge in [0.05, 0.1) is 27.9 Å². The Kier molecular flexibility index (Phi) is 7.74. The molecule has 7 rings (SSSR count). The van der Waals surface area contributed by atoms with Gasteiger partial charge in [-0.3, -0.25) is 9.78 Å². The highest BCUT2D eigenvalue weighted by atomic mass is 32.2. The summed E-state index contributed by atoms with van der Waals surface area (Å²) < 4.78 is 58.2. The van der Waals surface area contributed by atoms with Gasteiger partial charge in [-0.25, -0.2) is 26.9 Å². The molecule has 3 heterocycles. The Balaban J connectivity index is 1.30. The Morgan fingerprint density at radius 1 is 1.02 bits per heavy atom. The molecule has 0 aliphatic heterocycles. The Labute approximate surface area is 269 Å². The fourth-order valence-corrected chi connectivity index (χ4v) is 9.04. The molecule has 8 nitrogen and oxygen atoms in total. The van der Waals surface area contributed by atoms with E-state index in [9.17, 15) is 22.0 Å². The number of rotatable bonds is 8. The summed E-state index contributed by atoms with van der Waals surface area (Å²) in [6, 6.07) is 13.9. The quantitative estimate of drug-likeness (QED) is 0.172. The van der Waals surface area contributed by atoms with Gasteiger partial charge in [0, 0.05) is 35.9 Å². The number of thiazole rings is 1. The highest BCUT2D eigenvalue weighted by Crippen LogP contribution is 2.51. The lowest BCUT2D eigenvalue weighted by Gasteiger charge is -2.46. The van der Waals surface area contributed by atoms with Gasteiger partial charge in [0.1, 0.15) is 22.3 Å². The van der Waals surface area contributed by atoms with E-state index in [0.717, 1.165) is 39.5 Å². The molecule has 2 aliphatic rings. The fraction of sp³-hybridized carbons (Fsp3) is 0.235. The normalized spacial score (nSPS) is 19.4. The van der Waals surface area contributed by atoms with Gasteiger partial charge in [0.15, 0.2) is 5.78 Å². The third-order valence-corrected chi connectivity index (χ3v) is 11.8. The molecule has 1 saturated carbocycles. The number of halogens is 2. The number of allylic oxidation sites excluding steroid dienone is 1. The molecule has 5 aromatic rings. The molecule has 0 radical (unpaired) electrons. The van der Waals surface area contributed by atoms with E-state index in [1.165, 1.54) is 39.9 Å². The topological polar surface area (TPSA) is 98.1 Å².